The van der Waals surface area contributed by atoms with E-state index in [4.69, 9.17) is 19.6 Å². The number of fused-ring (bicyclic) bond motifs is 1. The molecular formula is C16H24N2O3. The van der Waals surface area contributed by atoms with Gasteiger partial charge >= 0.3 is 0 Å². The van der Waals surface area contributed by atoms with Gasteiger partial charge in [0.2, 0.25) is 0 Å². The fourth-order valence-corrected chi connectivity index (χ4v) is 2.50. The van der Waals surface area contributed by atoms with E-state index in [0.717, 1.165) is 29.8 Å². The molecule has 0 aliphatic carbocycles. The molecule has 5 heteroatoms. The van der Waals surface area contributed by atoms with E-state index in [-0.39, 0.29) is 6.61 Å². The summed E-state index contributed by atoms with van der Waals surface area (Å²) in [4.78, 5) is 4.74. The Morgan fingerprint density at radius 1 is 1.19 bits per heavy atom. The first-order chi connectivity index (χ1) is 10.1. The van der Waals surface area contributed by atoms with Crippen LogP contribution in [0.2, 0.25) is 0 Å². The predicted octanol–water partition coefficient (Wildman–Crippen LogP) is 2.63. The van der Waals surface area contributed by atoms with E-state index >= 15 is 0 Å². The summed E-state index contributed by atoms with van der Waals surface area (Å²) in [6.07, 6.45) is 1.62. The number of aliphatic hydroxyl groups excluding tert-OH is 1. The van der Waals surface area contributed by atoms with Crippen molar-refractivity contribution in [1.29, 1.82) is 0 Å². The van der Waals surface area contributed by atoms with E-state index in [0.29, 0.717) is 23.8 Å². The molecule has 0 radical (unpaired) electrons. The van der Waals surface area contributed by atoms with Crippen LogP contribution >= 0.6 is 0 Å². The van der Waals surface area contributed by atoms with Crippen molar-refractivity contribution >= 4 is 11.0 Å². The molecule has 1 heterocycles. The molecule has 116 valence electrons. The Hall–Kier alpha value is -1.75. The average Bonchev–Trinajstić information content (AvgIpc) is 2.78. The number of hydrogen-bond donors (Lipinski definition) is 1. The highest BCUT2D eigenvalue weighted by Crippen LogP contribution is 2.32. The summed E-state index contributed by atoms with van der Waals surface area (Å²) in [6, 6.07) is 3.87. The zero-order valence-electron chi connectivity index (χ0n) is 13.2. The molecule has 0 unspecified atom stereocenters. The molecule has 0 bridgehead atoms. The quantitative estimate of drug-likeness (QED) is 0.852. The normalized spacial score (nSPS) is 11.3. The number of aromatic nitrogens is 2. The Labute approximate surface area is 125 Å². The first kappa shape index (κ1) is 15.6. The number of hydrogen-bond acceptors (Lipinski definition) is 4. The summed E-state index contributed by atoms with van der Waals surface area (Å²) in [7, 11) is 3.26. The van der Waals surface area contributed by atoms with Crippen molar-refractivity contribution in [3.8, 4) is 11.5 Å². The van der Waals surface area contributed by atoms with Gasteiger partial charge in [0.05, 0.1) is 25.3 Å². The van der Waals surface area contributed by atoms with Gasteiger partial charge in [0, 0.05) is 31.7 Å². The van der Waals surface area contributed by atoms with Crippen molar-refractivity contribution in [2.45, 2.75) is 33.2 Å². The largest absolute Gasteiger partial charge is 0.493 e. The van der Waals surface area contributed by atoms with Gasteiger partial charge in [0.25, 0.3) is 0 Å². The van der Waals surface area contributed by atoms with Gasteiger partial charge in [0.15, 0.2) is 11.5 Å². The number of imidazole rings is 1. The third-order valence-electron chi connectivity index (χ3n) is 3.46. The molecule has 5 nitrogen and oxygen atoms in total. The summed E-state index contributed by atoms with van der Waals surface area (Å²) in [5, 5.41) is 9.11. The first-order valence-corrected chi connectivity index (χ1v) is 7.32. The van der Waals surface area contributed by atoms with E-state index < -0.39 is 0 Å². The second kappa shape index (κ2) is 6.80. The standard InChI is InChI=1S/C16H24N2O3/c1-11(2)8-16-17-12-9-14(20-3)15(21-4)10-13(12)18(16)6-5-7-19/h9-11,19H,5-8H2,1-4H3. The van der Waals surface area contributed by atoms with Crippen molar-refractivity contribution in [2.24, 2.45) is 5.92 Å². The maximum atomic E-state index is 9.11. The molecule has 2 aromatic rings. The number of nitrogens with zero attached hydrogens (tertiary/aromatic N) is 2. The SMILES string of the molecule is COc1cc2nc(CC(C)C)n(CCCO)c2cc1OC. The van der Waals surface area contributed by atoms with E-state index in [1.165, 1.54) is 0 Å². The second-order valence-electron chi connectivity index (χ2n) is 5.55. The van der Waals surface area contributed by atoms with Gasteiger partial charge in [-0.05, 0) is 12.3 Å². The van der Waals surface area contributed by atoms with E-state index in [2.05, 4.69) is 18.4 Å². The minimum Gasteiger partial charge on any atom is -0.493 e. The van der Waals surface area contributed by atoms with E-state index in [1.807, 2.05) is 12.1 Å². The van der Waals surface area contributed by atoms with Crippen molar-refractivity contribution in [3.05, 3.63) is 18.0 Å². The molecule has 0 spiro atoms. The lowest BCUT2D eigenvalue weighted by Gasteiger charge is -2.11. The van der Waals surface area contributed by atoms with Crippen LogP contribution in [0.5, 0.6) is 11.5 Å². The molecule has 0 amide bonds. The summed E-state index contributed by atoms with van der Waals surface area (Å²) in [6.45, 7) is 5.28. The predicted molar refractivity (Wildman–Crippen MR) is 83.1 cm³/mol. The maximum absolute atomic E-state index is 9.11. The molecule has 0 atom stereocenters. The third kappa shape index (κ3) is 3.29. The minimum absolute atomic E-state index is 0.175. The number of aryl methyl sites for hydroxylation is 1. The highest BCUT2D eigenvalue weighted by Gasteiger charge is 2.15. The van der Waals surface area contributed by atoms with Crippen LogP contribution in [0.4, 0.5) is 0 Å². The average molecular weight is 292 g/mol. The fraction of sp³-hybridized carbons (Fsp3) is 0.562. The zero-order valence-corrected chi connectivity index (χ0v) is 13.2. The lowest BCUT2D eigenvalue weighted by atomic mass is 10.1. The Balaban J connectivity index is 2.56. The molecule has 0 saturated heterocycles. The summed E-state index contributed by atoms with van der Waals surface area (Å²) in [5.74, 6) is 2.96. The topological polar surface area (TPSA) is 56.5 Å². The van der Waals surface area contributed by atoms with Gasteiger partial charge in [-0.2, -0.15) is 0 Å². The lowest BCUT2D eigenvalue weighted by molar-refractivity contribution is 0.279. The summed E-state index contributed by atoms with van der Waals surface area (Å²) >= 11 is 0. The Morgan fingerprint density at radius 2 is 1.86 bits per heavy atom. The number of rotatable bonds is 7. The van der Waals surface area contributed by atoms with Crippen LogP contribution in [0.1, 0.15) is 26.1 Å². The number of ether oxygens (including phenoxy) is 2. The zero-order chi connectivity index (χ0) is 15.4. The maximum Gasteiger partial charge on any atom is 0.163 e. The Kier molecular flexibility index (Phi) is 5.07. The summed E-state index contributed by atoms with van der Waals surface area (Å²) in [5.41, 5.74) is 1.93. The van der Waals surface area contributed by atoms with Crippen LogP contribution in [-0.4, -0.2) is 35.5 Å². The van der Waals surface area contributed by atoms with E-state index in [9.17, 15) is 0 Å². The van der Waals surface area contributed by atoms with Gasteiger partial charge in [-0.25, -0.2) is 4.98 Å². The van der Waals surface area contributed by atoms with Gasteiger partial charge in [-0.15, -0.1) is 0 Å². The van der Waals surface area contributed by atoms with Crippen LogP contribution in [-0.2, 0) is 13.0 Å². The molecule has 2 rings (SSSR count). The Morgan fingerprint density at radius 3 is 2.43 bits per heavy atom. The van der Waals surface area contributed by atoms with Crippen LogP contribution in [0.3, 0.4) is 0 Å². The van der Waals surface area contributed by atoms with Gasteiger partial charge < -0.3 is 19.1 Å². The highest BCUT2D eigenvalue weighted by atomic mass is 16.5. The fourth-order valence-electron chi connectivity index (χ4n) is 2.50. The van der Waals surface area contributed by atoms with Crippen LogP contribution in [0, 0.1) is 5.92 Å². The molecule has 0 saturated carbocycles. The van der Waals surface area contributed by atoms with Gasteiger partial charge in [-0.1, -0.05) is 13.8 Å². The van der Waals surface area contributed by atoms with Gasteiger partial charge in [-0.3, -0.25) is 0 Å². The molecular weight excluding hydrogens is 268 g/mol. The highest BCUT2D eigenvalue weighted by molar-refractivity contribution is 5.80. The molecule has 1 N–H and O–H groups in total. The van der Waals surface area contributed by atoms with Gasteiger partial charge in [0.1, 0.15) is 5.82 Å². The smallest absolute Gasteiger partial charge is 0.163 e. The Bertz CT molecular complexity index is 605. The third-order valence-corrected chi connectivity index (χ3v) is 3.46. The van der Waals surface area contributed by atoms with Crippen molar-refractivity contribution in [2.75, 3.05) is 20.8 Å². The number of aliphatic hydroxyl groups is 1. The van der Waals surface area contributed by atoms with Crippen LogP contribution < -0.4 is 9.47 Å². The second-order valence-corrected chi connectivity index (χ2v) is 5.55. The first-order valence-electron chi connectivity index (χ1n) is 7.32. The molecule has 21 heavy (non-hydrogen) atoms. The number of methoxy groups -OCH3 is 2. The van der Waals surface area contributed by atoms with Crippen LogP contribution in [0.15, 0.2) is 12.1 Å². The van der Waals surface area contributed by atoms with Crippen molar-refractivity contribution < 1.29 is 14.6 Å². The molecule has 0 aliphatic rings. The van der Waals surface area contributed by atoms with E-state index in [1.54, 1.807) is 14.2 Å². The number of benzene rings is 1. The summed E-state index contributed by atoms with van der Waals surface area (Å²) < 4.78 is 12.9. The van der Waals surface area contributed by atoms with Crippen molar-refractivity contribution in [3.63, 3.8) is 0 Å². The molecule has 0 fully saturated rings. The molecule has 1 aromatic carbocycles. The monoisotopic (exact) mass is 292 g/mol. The lowest BCUT2D eigenvalue weighted by Crippen LogP contribution is -2.08. The van der Waals surface area contributed by atoms with Crippen molar-refractivity contribution in [1.82, 2.24) is 9.55 Å². The van der Waals surface area contributed by atoms with Crippen LogP contribution in [0.25, 0.3) is 11.0 Å². The minimum atomic E-state index is 0.175. The molecule has 0 aliphatic heterocycles. The molecule has 1 aromatic heterocycles.